The summed E-state index contributed by atoms with van der Waals surface area (Å²) in [5, 5.41) is 11.2. The summed E-state index contributed by atoms with van der Waals surface area (Å²) in [4.78, 5) is 12.2. The Bertz CT molecular complexity index is 803. The van der Waals surface area contributed by atoms with Gasteiger partial charge in [-0.05, 0) is 24.6 Å². The zero-order valence-corrected chi connectivity index (χ0v) is 14.4. The fourth-order valence-corrected chi connectivity index (χ4v) is 3.24. The van der Waals surface area contributed by atoms with E-state index >= 15 is 0 Å². The molecule has 0 bridgehead atoms. The van der Waals surface area contributed by atoms with E-state index in [1.807, 2.05) is 53.9 Å². The van der Waals surface area contributed by atoms with Crippen molar-refractivity contribution in [2.24, 2.45) is 0 Å². The van der Waals surface area contributed by atoms with Crippen molar-refractivity contribution in [3.8, 4) is 0 Å². The number of amides is 1. The summed E-state index contributed by atoms with van der Waals surface area (Å²) in [6, 6.07) is 16.0. The lowest BCUT2D eigenvalue weighted by Crippen LogP contribution is -2.32. The maximum atomic E-state index is 12.2. The maximum absolute atomic E-state index is 12.2. The Morgan fingerprint density at radius 3 is 2.79 bits per heavy atom. The van der Waals surface area contributed by atoms with Gasteiger partial charge in [0.15, 0.2) is 5.65 Å². The first-order valence-electron chi connectivity index (χ1n) is 7.96. The Labute approximate surface area is 145 Å². The van der Waals surface area contributed by atoms with Crippen LogP contribution in [0.5, 0.6) is 0 Å². The molecule has 3 aromatic rings. The average Bonchev–Trinajstić information content (AvgIpc) is 3.04. The molecule has 0 saturated heterocycles. The summed E-state index contributed by atoms with van der Waals surface area (Å²) in [5.41, 5.74) is 2.06. The predicted molar refractivity (Wildman–Crippen MR) is 96.9 cm³/mol. The number of fused-ring (bicyclic) bond motifs is 1. The van der Waals surface area contributed by atoms with Crippen LogP contribution in [0.25, 0.3) is 5.65 Å². The number of benzene rings is 1. The fraction of sp³-hybridized carbons (Fsp3) is 0.278. The lowest BCUT2D eigenvalue weighted by atomic mass is 10.2. The van der Waals surface area contributed by atoms with Crippen LogP contribution in [0.15, 0.2) is 54.7 Å². The van der Waals surface area contributed by atoms with E-state index in [9.17, 15) is 4.79 Å². The molecule has 1 N–H and O–H groups in total. The highest BCUT2D eigenvalue weighted by molar-refractivity contribution is 7.99. The zero-order chi connectivity index (χ0) is 16.8. The van der Waals surface area contributed by atoms with Gasteiger partial charge in [-0.1, -0.05) is 36.4 Å². The van der Waals surface area contributed by atoms with Crippen LogP contribution >= 0.6 is 11.8 Å². The molecule has 1 atom stereocenters. The number of carbonyl (C=O) groups is 1. The number of aromatic nitrogens is 3. The molecular formula is C18H20N4OS. The van der Waals surface area contributed by atoms with Gasteiger partial charge in [0.05, 0.1) is 5.25 Å². The molecule has 24 heavy (non-hydrogen) atoms. The first kappa shape index (κ1) is 16.5. The van der Waals surface area contributed by atoms with E-state index in [0.29, 0.717) is 13.0 Å². The molecule has 3 rings (SSSR count). The van der Waals surface area contributed by atoms with Crippen LogP contribution in [0.1, 0.15) is 18.3 Å². The Kier molecular flexibility index (Phi) is 5.48. The molecule has 6 heteroatoms. The Balaban J connectivity index is 1.45. The van der Waals surface area contributed by atoms with Crippen molar-refractivity contribution in [2.75, 3.05) is 6.54 Å². The molecular weight excluding hydrogens is 320 g/mol. The van der Waals surface area contributed by atoms with Crippen molar-refractivity contribution in [3.05, 3.63) is 66.1 Å². The lowest BCUT2D eigenvalue weighted by molar-refractivity contribution is -0.120. The Morgan fingerprint density at radius 2 is 1.96 bits per heavy atom. The molecule has 0 fully saturated rings. The number of thioether (sulfide) groups is 1. The van der Waals surface area contributed by atoms with Gasteiger partial charge in [-0.25, -0.2) is 0 Å². The van der Waals surface area contributed by atoms with Crippen LogP contribution in [0.3, 0.4) is 0 Å². The van der Waals surface area contributed by atoms with Crippen molar-refractivity contribution < 1.29 is 4.79 Å². The van der Waals surface area contributed by atoms with Crippen LogP contribution in [-0.2, 0) is 17.0 Å². The number of rotatable bonds is 7. The number of carbonyl (C=O) groups excluding carboxylic acids is 1. The van der Waals surface area contributed by atoms with Crippen LogP contribution in [0, 0.1) is 0 Å². The van der Waals surface area contributed by atoms with E-state index in [1.54, 1.807) is 11.8 Å². The highest BCUT2D eigenvalue weighted by Gasteiger charge is 2.13. The second kappa shape index (κ2) is 7.97. The first-order chi connectivity index (χ1) is 11.7. The Hall–Kier alpha value is -2.34. The van der Waals surface area contributed by atoms with Crippen molar-refractivity contribution in [1.29, 1.82) is 0 Å². The van der Waals surface area contributed by atoms with Crippen molar-refractivity contribution >= 4 is 23.3 Å². The molecule has 5 nitrogen and oxygen atoms in total. The number of pyridine rings is 1. The number of hydrogen-bond donors (Lipinski definition) is 1. The summed E-state index contributed by atoms with van der Waals surface area (Å²) in [6.45, 7) is 2.50. The predicted octanol–water partition coefficient (Wildman–Crippen LogP) is 2.71. The summed E-state index contributed by atoms with van der Waals surface area (Å²) < 4.78 is 1.94. The van der Waals surface area contributed by atoms with Gasteiger partial charge in [0.25, 0.3) is 0 Å². The Morgan fingerprint density at radius 1 is 1.17 bits per heavy atom. The van der Waals surface area contributed by atoms with E-state index < -0.39 is 0 Å². The van der Waals surface area contributed by atoms with Crippen LogP contribution in [-0.4, -0.2) is 32.3 Å². The van der Waals surface area contributed by atoms with Gasteiger partial charge in [0.2, 0.25) is 5.91 Å². The van der Waals surface area contributed by atoms with Gasteiger partial charge in [0.1, 0.15) is 5.82 Å². The topological polar surface area (TPSA) is 59.3 Å². The molecule has 0 saturated carbocycles. The second-order valence-electron chi connectivity index (χ2n) is 5.52. The zero-order valence-electron chi connectivity index (χ0n) is 13.6. The molecule has 0 aliphatic heterocycles. The first-order valence-corrected chi connectivity index (χ1v) is 9.01. The molecule has 0 spiro atoms. The van der Waals surface area contributed by atoms with Gasteiger partial charge in [0, 0.05) is 24.9 Å². The molecule has 1 amide bonds. The minimum absolute atomic E-state index is 0.0600. The third-order valence-electron chi connectivity index (χ3n) is 3.74. The van der Waals surface area contributed by atoms with E-state index in [4.69, 9.17) is 0 Å². The normalized spacial score (nSPS) is 12.2. The fourth-order valence-electron chi connectivity index (χ4n) is 2.37. The average molecular weight is 340 g/mol. The molecule has 0 aliphatic carbocycles. The van der Waals surface area contributed by atoms with E-state index in [0.717, 1.165) is 17.2 Å². The monoisotopic (exact) mass is 340 g/mol. The second-order valence-corrected chi connectivity index (χ2v) is 6.85. The summed E-state index contributed by atoms with van der Waals surface area (Å²) >= 11 is 1.64. The van der Waals surface area contributed by atoms with Crippen molar-refractivity contribution in [1.82, 2.24) is 19.9 Å². The van der Waals surface area contributed by atoms with Gasteiger partial charge < -0.3 is 5.32 Å². The highest BCUT2D eigenvalue weighted by atomic mass is 32.2. The van der Waals surface area contributed by atoms with Gasteiger partial charge in [-0.3, -0.25) is 9.20 Å². The SMILES string of the molecule is CC(SCc1ccccc1)C(=O)NCCc1nnc2ccccn12. The maximum Gasteiger partial charge on any atom is 0.232 e. The largest absolute Gasteiger partial charge is 0.355 e. The summed E-state index contributed by atoms with van der Waals surface area (Å²) in [6.07, 6.45) is 2.60. The minimum Gasteiger partial charge on any atom is -0.355 e. The van der Waals surface area contributed by atoms with Crippen LogP contribution in [0.4, 0.5) is 0 Å². The quantitative estimate of drug-likeness (QED) is 0.718. The third-order valence-corrected chi connectivity index (χ3v) is 4.96. The molecule has 2 aromatic heterocycles. The smallest absolute Gasteiger partial charge is 0.232 e. The van der Waals surface area contributed by atoms with E-state index in [2.05, 4.69) is 27.6 Å². The molecule has 124 valence electrons. The van der Waals surface area contributed by atoms with E-state index in [1.165, 1.54) is 5.56 Å². The van der Waals surface area contributed by atoms with E-state index in [-0.39, 0.29) is 11.2 Å². The number of nitrogens with zero attached hydrogens (tertiary/aromatic N) is 3. The molecule has 2 heterocycles. The van der Waals surface area contributed by atoms with Gasteiger partial charge in [-0.2, -0.15) is 0 Å². The molecule has 0 aliphatic rings. The standard InChI is InChI=1S/C18H20N4OS/c1-14(24-13-15-7-3-2-4-8-15)18(23)19-11-10-17-21-20-16-9-5-6-12-22(16)17/h2-9,12,14H,10-11,13H2,1H3,(H,19,23). The van der Waals surface area contributed by atoms with Crippen molar-refractivity contribution in [2.45, 2.75) is 24.3 Å². The minimum atomic E-state index is -0.0830. The summed E-state index contributed by atoms with van der Waals surface area (Å²) in [7, 11) is 0. The molecule has 0 radical (unpaired) electrons. The van der Waals surface area contributed by atoms with Crippen molar-refractivity contribution in [3.63, 3.8) is 0 Å². The molecule has 1 aromatic carbocycles. The van der Waals surface area contributed by atoms with Gasteiger partial charge >= 0.3 is 0 Å². The third kappa shape index (κ3) is 4.14. The highest BCUT2D eigenvalue weighted by Crippen LogP contribution is 2.17. The number of hydrogen-bond acceptors (Lipinski definition) is 4. The lowest BCUT2D eigenvalue weighted by Gasteiger charge is -2.11. The van der Waals surface area contributed by atoms with Gasteiger partial charge in [-0.15, -0.1) is 22.0 Å². The van der Waals surface area contributed by atoms with Crippen LogP contribution < -0.4 is 5.32 Å². The summed E-state index contributed by atoms with van der Waals surface area (Å²) in [5.74, 6) is 1.75. The molecule has 1 unspecified atom stereocenters. The van der Waals surface area contributed by atoms with Crippen LogP contribution in [0.2, 0.25) is 0 Å². The number of nitrogens with one attached hydrogen (secondary N) is 1.